The number of rotatable bonds is 9. The van der Waals surface area contributed by atoms with E-state index in [0.29, 0.717) is 31.0 Å². The SMILES string of the molecule is Cc1ccc2[nH]c(=O)c([C@H](c3nnnn3C[C@@H]3CCCO3)N(Cc3cccs3)C[C@H]3CCCO3)cc2c1. The highest BCUT2D eigenvalue weighted by atomic mass is 32.1. The molecule has 37 heavy (non-hydrogen) atoms. The highest BCUT2D eigenvalue weighted by Crippen LogP contribution is 2.31. The van der Waals surface area contributed by atoms with Crippen molar-refractivity contribution in [2.75, 3.05) is 19.8 Å². The highest BCUT2D eigenvalue weighted by Gasteiger charge is 2.34. The van der Waals surface area contributed by atoms with Crippen LogP contribution in [0.1, 0.15) is 53.6 Å². The predicted molar refractivity (Wildman–Crippen MR) is 142 cm³/mol. The smallest absolute Gasteiger partial charge is 0.253 e. The average Bonchev–Trinajstić information content (AvgIpc) is 3.70. The molecule has 0 saturated carbocycles. The van der Waals surface area contributed by atoms with Crippen LogP contribution in [0.4, 0.5) is 0 Å². The molecule has 0 spiro atoms. The minimum Gasteiger partial charge on any atom is -0.377 e. The van der Waals surface area contributed by atoms with Gasteiger partial charge in [0.15, 0.2) is 5.82 Å². The molecule has 3 aromatic heterocycles. The van der Waals surface area contributed by atoms with E-state index in [1.807, 2.05) is 22.9 Å². The molecule has 9 nitrogen and oxygen atoms in total. The van der Waals surface area contributed by atoms with Crippen molar-refractivity contribution in [3.63, 3.8) is 0 Å². The third-order valence-electron chi connectivity index (χ3n) is 7.29. The minimum atomic E-state index is -0.448. The van der Waals surface area contributed by atoms with Crippen molar-refractivity contribution in [1.29, 1.82) is 0 Å². The topological polar surface area (TPSA) is 98.2 Å². The maximum absolute atomic E-state index is 13.6. The van der Waals surface area contributed by atoms with Gasteiger partial charge in [0.25, 0.3) is 5.56 Å². The summed E-state index contributed by atoms with van der Waals surface area (Å²) >= 11 is 1.71. The van der Waals surface area contributed by atoms with Gasteiger partial charge in [0.1, 0.15) is 6.04 Å². The molecule has 0 unspecified atom stereocenters. The lowest BCUT2D eigenvalue weighted by Crippen LogP contribution is -2.39. The summed E-state index contributed by atoms with van der Waals surface area (Å²) in [5.41, 5.74) is 2.47. The molecule has 5 heterocycles. The largest absolute Gasteiger partial charge is 0.377 e. The second kappa shape index (κ2) is 10.8. The summed E-state index contributed by atoms with van der Waals surface area (Å²) in [6.07, 6.45) is 4.25. The van der Waals surface area contributed by atoms with Gasteiger partial charge in [-0.15, -0.1) is 16.4 Å². The van der Waals surface area contributed by atoms with Gasteiger partial charge in [-0.2, -0.15) is 0 Å². The van der Waals surface area contributed by atoms with Crippen LogP contribution in [0, 0.1) is 6.92 Å². The summed E-state index contributed by atoms with van der Waals surface area (Å²) in [5, 5.41) is 16.0. The van der Waals surface area contributed by atoms with Gasteiger partial charge in [-0.05, 0) is 78.1 Å². The molecule has 6 rings (SSSR count). The highest BCUT2D eigenvalue weighted by molar-refractivity contribution is 7.09. The van der Waals surface area contributed by atoms with Crippen molar-refractivity contribution in [1.82, 2.24) is 30.1 Å². The first-order chi connectivity index (χ1) is 18.1. The van der Waals surface area contributed by atoms with E-state index in [-0.39, 0.29) is 17.8 Å². The first kappa shape index (κ1) is 24.4. The van der Waals surface area contributed by atoms with Gasteiger partial charge in [0.05, 0.1) is 18.8 Å². The van der Waals surface area contributed by atoms with Crippen LogP contribution in [0.5, 0.6) is 0 Å². The molecule has 10 heteroatoms. The normalized spacial score (nSPS) is 20.8. The van der Waals surface area contributed by atoms with Gasteiger partial charge in [-0.1, -0.05) is 17.7 Å². The van der Waals surface area contributed by atoms with Crippen molar-refractivity contribution in [3.05, 3.63) is 74.0 Å². The minimum absolute atomic E-state index is 0.0735. The summed E-state index contributed by atoms with van der Waals surface area (Å²) in [5.74, 6) is 0.655. The molecular weight excluding hydrogens is 488 g/mol. The molecule has 2 aliphatic heterocycles. The fraction of sp³-hybridized carbons (Fsp3) is 0.481. The molecule has 2 saturated heterocycles. The van der Waals surface area contributed by atoms with Gasteiger partial charge in [0.2, 0.25) is 0 Å². The molecule has 0 bridgehead atoms. The molecule has 0 aliphatic carbocycles. The van der Waals surface area contributed by atoms with Crippen LogP contribution in [0.3, 0.4) is 0 Å². The third-order valence-corrected chi connectivity index (χ3v) is 8.16. The second-order valence-corrected chi connectivity index (χ2v) is 11.1. The number of aromatic amines is 1. The van der Waals surface area contributed by atoms with Crippen LogP contribution in [0.25, 0.3) is 10.9 Å². The zero-order chi connectivity index (χ0) is 25.2. The van der Waals surface area contributed by atoms with Crippen LogP contribution in [0.2, 0.25) is 0 Å². The Labute approximate surface area is 219 Å². The lowest BCUT2D eigenvalue weighted by Gasteiger charge is -2.32. The maximum Gasteiger partial charge on any atom is 0.253 e. The number of aryl methyl sites for hydroxylation is 1. The number of benzene rings is 1. The molecule has 0 radical (unpaired) electrons. The zero-order valence-corrected chi connectivity index (χ0v) is 21.8. The van der Waals surface area contributed by atoms with Gasteiger partial charge in [0, 0.05) is 42.3 Å². The number of H-pyrrole nitrogens is 1. The van der Waals surface area contributed by atoms with E-state index in [2.05, 4.69) is 55.9 Å². The number of tetrazole rings is 1. The van der Waals surface area contributed by atoms with Gasteiger partial charge in [-0.25, -0.2) is 4.68 Å². The van der Waals surface area contributed by atoms with Crippen molar-refractivity contribution >= 4 is 22.2 Å². The summed E-state index contributed by atoms with van der Waals surface area (Å²) < 4.78 is 13.8. The number of nitrogens with zero attached hydrogens (tertiary/aromatic N) is 5. The van der Waals surface area contributed by atoms with Crippen molar-refractivity contribution in [2.45, 2.75) is 63.9 Å². The first-order valence-corrected chi connectivity index (χ1v) is 13.9. The molecule has 194 valence electrons. The van der Waals surface area contributed by atoms with Crippen LogP contribution in [-0.2, 0) is 22.6 Å². The van der Waals surface area contributed by atoms with E-state index >= 15 is 0 Å². The fourth-order valence-corrected chi connectivity index (χ4v) is 6.21. The molecule has 4 aromatic rings. The first-order valence-electron chi connectivity index (χ1n) is 13.0. The quantitative estimate of drug-likeness (QED) is 0.358. The number of hydrogen-bond acceptors (Lipinski definition) is 8. The molecule has 1 aromatic carbocycles. The van der Waals surface area contributed by atoms with E-state index in [4.69, 9.17) is 9.47 Å². The third kappa shape index (κ3) is 5.38. The lowest BCUT2D eigenvalue weighted by molar-refractivity contribution is 0.0559. The summed E-state index contributed by atoms with van der Waals surface area (Å²) in [6.45, 7) is 5.51. The Morgan fingerprint density at radius 2 is 2.00 bits per heavy atom. The molecule has 2 aliphatic rings. The second-order valence-electron chi connectivity index (χ2n) is 10.0. The van der Waals surface area contributed by atoms with E-state index in [0.717, 1.165) is 55.4 Å². The Balaban J connectivity index is 1.47. The van der Waals surface area contributed by atoms with E-state index in [1.165, 1.54) is 4.88 Å². The van der Waals surface area contributed by atoms with Crippen LogP contribution in [-0.4, -0.2) is 62.1 Å². The lowest BCUT2D eigenvalue weighted by atomic mass is 10.0. The number of hydrogen-bond donors (Lipinski definition) is 1. The summed E-state index contributed by atoms with van der Waals surface area (Å²) in [7, 11) is 0. The fourth-order valence-electron chi connectivity index (χ4n) is 5.48. The maximum atomic E-state index is 13.6. The average molecular weight is 521 g/mol. The molecule has 0 amide bonds. The number of nitrogens with one attached hydrogen (secondary N) is 1. The molecule has 1 N–H and O–H groups in total. The molecule has 3 atom stereocenters. The number of aromatic nitrogens is 5. The number of pyridine rings is 1. The Morgan fingerprint density at radius 3 is 2.76 bits per heavy atom. The predicted octanol–water partition coefficient (Wildman–Crippen LogP) is 3.83. The van der Waals surface area contributed by atoms with Crippen molar-refractivity contribution in [2.24, 2.45) is 0 Å². The van der Waals surface area contributed by atoms with Crippen LogP contribution < -0.4 is 5.56 Å². The monoisotopic (exact) mass is 520 g/mol. The molecule has 2 fully saturated rings. The van der Waals surface area contributed by atoms with E-state index in [9.17, 15) is 4.79 Å². The van der Waals surface area contributed by atoms with E-state index in [1.54, 1.807) is 11.3 Å². The zero-order valence-electron chi connectivity index (χ0n) is 21.0. The number of ether oxygens (including phenoxy) is 2. The molecular formula is C27H32N6O3S. The van der Waals surface area contributed by atoms with Gasteiger partial charge >= 0.3 is 0 Å². The van der Waals surface area contributed by atoms with Crippen molar-refractivity contribution in [3.8, 4) is 0 Å². The van der Waals surface area contributed by atoms with E-state index < -0.39 is 6.04 Å². The van der Waals surface area contributed by atoms with Crippen LogP contribution in [0.15, 0.2) is 46.6 Å². The summed E-state index contributed by atoms with van der Waals surface area (Å²) in [6, 6.07) is 11.8. The number of thiophene rings is 1. The Hall–Kier alpha value is -2.92. The standard InChI is InChI=1S/C27H32N6O3S/c1-18-8-9-24-19(13-18)14-23(27(34)28-24)25(26-29-30-31-33(26)16-21-6-3-11-36-21)32(15-20-5-2-10-35-20)17-22-7-4-12-37-22/h4,7-9,12-14,20-21,25H,2-3,5-6,10-11,15-17H2,1H3,(H,28,34)/t20-,21+,25-/m1/s1. The van der Waals surface area contributed by atoms with Crippen LogP contribution >= 0.6 is 11.3 Å². The Morgan fingerprint density at radius 1 is 1.16 bits per heavy atom. The number of fused-ring (bicyclic) bond motifs is 1. The Kier molecular flexibility index (Phi) is 7.14. The Bertz CT molecular complexity index is 1390. The van der Waals surface area contributed by atoms with Crippen molar-refractivity contribution < 1.29 is 9.47 Å². The summed E-state index contributed by atoms with van der Waals surface area (Å²) in [4.78, 5) is 20.3. The van der Waals surface area contributed by atoms with Gasteiger partial charge < -0.3 is 14.5 Å². The van der Waals surface area contributed by atoms with Gasteiger partial charge in [-0.3, -0.25) is 9.69 Å².